The number of allylic oxidation sites excluding steroid dienone is 1. The maximum absolute atomic E-state index is 12.8. The second kappa shape index (κ2) is 8.08. The molecule has 31 heavy (non-hydrogen) atoms. The summed E-state index contributed by atoms with van der Waals surface area (Å²) in [5.41, 5.74) is 3.47. The van der Waals surface area contributed by atoms with Gasteiger partial charge in [-0.2, -0.15) is 0 Å². The zero-order chi connectivity index (χ0) is 21.4. The van der Waals surface area contributed by atoms with Crippen molar-refractivity contribution >= 4 is 27.8 Å². The van der Waals surface area contributed by atoms with Crippen LogP contribution in [-0.2, 0) is 6.61 Å². The normalized spacial score (nSPS) is 18.0. The number of rotatable bonds is 4. The van der Waals surface area contributed by atoms with Gasteiger partial charge < -0.3 is 14.2 Å². The molecule has 2 aliphatic heterocycles. The molecule has 0 saturated heterocycles. The molecular weight excluding hydrogens is 456 g/mol. The molecule has 154 valence electrons. The molecule has 0 radical (unpaired) electrons. The van der Waals surface area contributed by atoms with E-state index in [4.69, 9.17) is 14.2 Å². The lowest BCUT2D eigenvalue weighted by Gasteiger charge is -2.22. The molecule has 2 heterocycles. The Bertz CT molecular complexity index is 1220. The van der Waals surface area contributed by atoms with Crippen LogP contribution in [0.1, 0.15) is 28.4 Å². The summed E-state index contributed by atoms with van der Waals surface area (Å²) in [7, 11) is 0. The zero-order valence-corrected chi connectivity index (χ0v) is 18.4. The van der Waals surface area contributed by atoms with Gasteiger partial charge in [0.05, 0.1) is 5.56 Å². The van der Waals surface area contributed by atoms with Gasteiger partial charge in [0.15, 0.2) is 5.76 Å². The molecule has 1 unspecified atom stereocenters. The summed E-state index contributed by atoms with van der Waals surface area (Å²) in [6.07, 6.45) is 3.63. The van der Waals surface area contributed by atoms with Crippen molar-refractivity contribution in [3.63, 3.8) is 0 Å². The molecule has 0 N–H and O–H groups in total. The number of hydrogen-bond donors (Lipinski definition) is 0. The van der Waals surface area contributed by atoms with E-state index in [0.717, 1.165) is 26.9 Å². The monoisotopic (exact) mass is 474 g/mol. The summed E-state index contributed by atoms with van der Waals surface area (Å²) < 4.78 is 18.8. The van der Waals surface area contributed by atoms with Crippen molar-refractivity contribution in [3.05, 3.63) is 105 Å². The smallest absolute Gasteiger partial charge is 0.231 e. The van der Waals surface area contributed by atoms with Crippen molar-refractivity contribution < 1.29 is 19.0 Å². The fourth-order valence-electron chi connectivity index (χ4n) is 3.58. The topological polar surface area (TPSA) is 44.8 Å². The number of para-hydroxylation sites is 1. The molecule has 0 aliphatic carbocycles. The third kappa shape index (κ3) is 4.01. The van der Waals surface area contributed by atoms with Crippen LogP contribution in [-0.4, -0.2) is 11.9 Å². The fourth-order valence-corrected chi connectivity index (χ4v) is 3.84. The van der Waals surface area contributed by atoms with Crippen LogP contribution in [0.3, 0.4) is 0 Å². The standard InChI is InChI=1S/C26H19BrO4/c1-16-19(12-18-4-2-3-5-23(18)30-16)13-25-26(28)22-11-10-21(14-24(22)31-25)29-15-17-6-8-20(27)9-7-17/h2-14,16H,15H2,1H3. The van der Waals surface area contributed by atoms with Crippen molar-refractivity contribution in [3.8, 4) is 17.2 Å². The van der Waals surface area contributed by atoms with Gasteiger partial charge >= 0.3 is 0 Å². The first-order chi connectivity index (χ1) is 15.1. The Hall–Kier alpha value is -3.31. The van der Waals surface area contributed by atoms with Crippen LogP contribution < -0.4 is 14.2 Å². The average molecular weight is 475 g/mol. The molecule has 1 atom stereocenters. The molecule has 5 heteroatoms. The van der Waals surface area contributed by atoms with Crippen LogP contribution >= 0.6 is 15.9 Å². The van der Waals surface area contributed by atoms with Gasteiger partial charge in [-0.3, -0.25) is 4.79 Å². The van der Waals surface area contributed by atoms with E-state index in [9.17, 15) is 4.79 Å². The first-order valence-corrected chi connectivity index (χ1v) is 10.8. The zero-order valence-electron chi connectivity index (χ0n) is 16.8. The highest BCUT2D eigenvalue weighted by molar-refractivity contribution is 9.10. The Kier molecular flexibility index (Phi) is 5.12. The summed E-state index contributed by atoms with van der Waals surface area (Å²) in [5, 5.41) is 0. The molecule has 3 aromatic carbocycles. The number of carbonyl (C=O) groups excluding carboxylic acids is 1. The van der Waals surface area contributed by atoms with E-state index < -0.39 is 0 Å². The fraction of sp³-hybridized carbons (Fsp3) is 0.115. The number of hydrogen-bond acceptors (Lipinski definition) is 4. The highest BCUT2D eigenvalue weighted by Gasteiger charge is 2.29. The van der Waals surface area contributed by atoms with Crippen LogP contribution in [0.15, 0.2) is 88.6 Å². The van der Waals surface area contributed by atoms with Gasteiger partial charge in [0.1, 0.15) is 30.0 Å². The van der Waals surface area contributed by atoms with Crippen molar-refractivity contribution in [1.82, 2.24) is 0 Å². The largest absolute Gasteiger partial charge is 0.489 e. The second-order valence-corrected chi connectivity index (χ2v) is 8.37. The molecule has 2 aliphatic rings. The molecule has 3 aromatic rings. The van der Waals surface area contributed by atoms with Crippen LogP contribution in [0.4, 0.5) is 0 Å². The van der Waals surface area contributed by atoms with E-state index in [1.807, 2.05) is 61.5 Å². The Morgan fingerprint density at radius 3 is 2.68 bits per heavy atom. The Balaban J connectivity index is 1.35. The Morgan fingerprint density at radius 1 is 1.03 bits per heavy atom. The van der Waals surface area contributed by atoms with Gasteiger partial charge in [-0.05, 0) is 60.5 Å². The number of Topliss-reactive ketones (excluding diaryl/α,β-unsaturated/α-hetero) is 1. The molecular formula is C26H19BrO4. The van der Waals surface area contributed by atoms with Crippen molar-refractivity contribution in [1.29, 1.82) is 0 Å². The summed E-state index contributed by atoms with van der Waals surface area (Å²) in [6, 6.07) is 21.1. The average Bonchev–Trinajstić information content (AvgIpc) is 3.08. The number of fused-ring (bicyclic) bond motifs is 2. The van der Waals surface area contributed by atoms with Gasteiger partial charge in [-0.1, -0.05) is 46.3 Å². The van der Waals surface area contributed by atoms with Crippen LogP contribution in [0.25, 0.3) is 6.08 Å². The predicted octanol–water partition coefficient (Wildman–Crippen LogP) is 6.35. The van der Waals surface area contributed by atoms with E-state index >= 15 is 0 Å². The lowest BCUT2D eigenvalue weighted by atomic mass is 10.0. The molecule has 5 rings (SSSR count). The van der Waals surface area contributed by atoms with Crippen molar-refractivity contribution in [2.24, 2.45) is 0 Å². The predicted molar refractivity (Wildman–Crippen MR) is 122 cm³/mol. The van der Waals surface area contributed by atoms with E-state index in [0.29, 0.717) is 29.4 Å². The summed E-state index contributed by atoms with van der Waals surface area (Å²) in [5.74, 6) is 2.15. The minimum absolute atomic E-state index is 0.138. The highest BCUT2D eigenvalue weighted by atomic mass is 79.9. The lowest BCUT2D eigenvalue weighted by molar-refractivity contribution is 0.101. The van der Waals surface area contributed by atoms with Gasteiger partial charge in [0.2, 0.25) is 5.78 Å². The number of ether oxygens (including phenoxy) is 3. The maximum Gasteiger partial charge on any atom is 0.231 e. The molecule has 0 amide bonds. The van der Waals surface area contributed by atoms with E-state index in [1.165, 1.54) is 0 Å². The van der Waals surface area contributed by atoms with Gasteiger partial charge in [0, 0.05) is 16.1 Å². The summed E-state index contributed by atoms with van der Waals surface area (Å²) >= 11 is 3.43. The van der Waals surface area contributed by atoms with Crippen molar-refractivity contribution in [2.75, 3.05) is 0 Å². The molecule has 0 bridgehead atoms. The Labute approximate surface area is 188 Å². The third-order valence-corrected chi connectivity index (χ3v) is 5.80. The minimum Gasteiger partial charge on any atom is -0.489 e. The second-order valence-electron chi connectivity index (χ2n) is 7.46. The molecule has 0 fully saturated rings. The number of halogens is 1. The third-order valence-electron chi connectivity index (χ3n) is 5.27. The molecule has 0 spiro atoms. The number of ketones is 1. The van der Waals surface area contributed by atoms with E-state index in [-0.39, 0.29) is 11.9 Å². The van der Waals surface area contributed by atoms with Crippen LogP contribution in [0.2, 0.25) is 0 Å². The highest BCUT2D eigenvalue weighted by Crippen LogP contribution is 2.36. The molecule has 4 nitrogen and oxygen atoms in total. The Morgan fingerprint density at radius 2 is 1.84 bits per heavy atom. The quantitative estimate of drug-likeness (QED) is 0.413. The van der Waals surface area contributed by atoms with Crippen LogP contribution in [0, 0.1) is 0 Å². The molecule has 0 aromatic heterocycles. The van der Waals surface area contributed by atoms with Gasteiger partial charge in [-0.15, -0.1) is 0 Å². The number of carbonyl (C=O) groups is 1. The van der Waals surface area contributed by atoms with E-state index in [2.05, 4.69) is 15.9 Å². The van der Waals surface area contributed by atoms with Crippen molar-refractivity contribution in [2.45, 2.75) is 19.6 Å². The number of benzene rings is 3. The maximum atomic E-state index is 12.8. The van der Waals surface area contributed by atoms with Crippen LogP contribution in [0.5, 0.6) is 17.2 Å². The van der Waals surface area contributed by atoms with Gasteiger partial charge in [-0.25, -0.2) is 0 Å². The first kappa shape index (κ1) is 19.6. The summed E-state index contributed by atoms with van der Waals surface area (Å²) in [4.78, 5) is 12.8. The summed E-state index contributed by atoms with van der Waals surface area (Å²) in [6.45, 7) is 2.39. The first-order valence-electron chi connectivity index (χ1n) is 10.00. The van der Waals surface area contributed by atoms with Gasteiger partial charge in [0.25, 0.3) is 0 Å². The molecule has 0 saturated carbocycles. The lowest BCUT2D eigenvalue weighted by Crippen LogP contribution is -2.18. The minimum atomic E-state index is -0.174. The SMILES string of the molecule is CC1Oc2ccccc2C=C1C=C1Oc2cc(OCc3ccc(Br)cc3)ccc2C1=O. The van der Waals surface area contributed by atoms with E-state index in [1.54, 1.807) is 24.3 Å².